The summed E-state index contributed by atoms with van der Waals surface area (Å²) < 4.78 is 10.00. The van der Waals surface area contributed by atoms with Gasteiger partial charge in [0.15, 0.2) is 0 Å². The van der Waals surface area contributed by atoms with Gasteiger partial charge in [-0.15, -0.1) is 0 Å². The minimum atomic E-state index is 0.692. The molecule has 0 fully saturated rings. The number of fused-ring (bicyclic) bond motifs is 1. The van der Waals surface area contributed by atoms with Crippen molar-refractivity contribution in [3.8, 4) is 5.75 Å². The zero-order valence-electron chi connectivity index (χ0n) is 11.9. The van der Waals surface area contributed by atoms with Gasteiger partial charge in [-0.1, -0.05) is 6.07 Å². The Morgan fingerprint density at radius 2 is 2.10 bits per heavy atom. The van der Waals surface area contributed by atoms with E-state index in [1.807, 2.05) is 38.5 Å². The van der Waals surface area contributed by atoms with Gasteiger partial charge in [-0.3, -0.25) is 0 Å². The number of benzene rings is 1. The summed E-state index contributed by atoms with van der Waals surface area (Å²) in [6.07, 6.45) is 6.87. The summed E-state index contributed by atoms with van der Waals surface area (Å²) in [5.74, 6) is 2.06. The van der Waals surface area contributed by atoms with Gasteiger partial charge in [0, 0.05) is 44.0 Å². The first-order valence-corrected chi connectivity index (χ1v) is 6.96. The molecule has 0 saturated heterocycles. The van der Waals surface area contributed by atoms with Crippen LogP contribution in [0, 0.1) is 0 Å². The number of rotatable bonds is 5. The zero-order chi connectivity index (χ0) is 13.9. The first-order valence-electron chi connectivity index (χ1n) is 6.96. The SMILES string of the molecule is CCOc1cccc2c1ccn2CCc1nccn1C. The van der Waals surface area contributed by atoms with E-state index in [1.54, 1.807) is 0 Å². The predicted octanol–water partition coefficient (Wildman–Crippen LogP) is 3.02. The van der Waals surface area contributed by atoms with Crippen molar-refractivity contribution in [3.63, 3.8) is 0 Å². The Morgan fingerprint density at radius 1 is 1.20 bits per heavy atom. The van der Waals surface area contributed by atoms with Crippen LogP contribution in [0.1, 0.15) is 12.7 Å². The van der Waals surface area contributed by atoms with Crippen molar-refractivity contribution in [1.82, 2.24) is 14.1 Å². The normalized spacial score (nSPS) is 11.1. The highest BCUT2D eigenvalue weighted by Gasteiger charge is 2.07. The van der Waals surface area contributed by atoms with Gasteiger partial charge in [-0.05, 0) is 25.1 Å². The summed E-state index contributed by atoms with van der Waals surface area (Å²) in [5.41, 5.74) is 1.21. The van der Waals surface area contributed by atoms with Crippen molar-refractivity contribution in [2.75, 3.05) is 6.61 Å². The lowest BCUT2D eigenvalue weighted by Crippen LogP contribution is -2.04. The van der Waals surface area contributed by atoms with Crippen molar-refractivity contribution in [1.29, 1.82) is 0 Å². The van der Waals surface area contributed by atoms with Gasteiger partial charge >= 0.3 is 0 Å². The maximum atomic E-state index is 5.67. The topological polar surface area (TPSA) is 32.0 Å². The van der Waals surface area contributed by atoms with Gasteiger partial charge in [0.25, 0.3) is 0 Å². The first-order chi connectivity index (χ1) is 9.79. The number of nitrogens with zero attached hydrogens (tertiary/aromatic N) is 3. The Labute approximate surface area is 118 Å². The molecule has 0 saturated carbocycles. The molecule has 3 aromatic rings. The van der Waals surface area contributed by atoms with Crippen LogP contribution < -0.4 is 4.74 Å². The predicted molar refractivity (Wildman–Crippen MR) is 80.0 cm³/mol. The fourth-order valence-corrected chi connectivity index (χ4v) is 2.53. The van der Waals surface area contributed by atoms with Crippen LogP contribution in [0.2, 0.25) is 0 Å². The van der Waals surface area contributed by atoms with Crippen molar-refractivity contribution < 1.29 is 4.74 Å². The van der Waals surface area contributed by atoms with E-state index in [2.05, 4.69) is 32.4 Å². The van der Waals surface area contributed by atoms with E-state index in [9.17, 15) is 0 Å². The number of aryl methyl sites for hydroxylation is 3. The van der Waals surface area contributed by atoms with Crippen LogP contribution in [0.3, 0.4) is 0 Å². The molecule has 0 spiro atoms. The number of hydrogen-bond acceptors (Lipinski definition) is 2. The van der Waals surface area contributed by atoms with Crippen LogP contribution in [-0.4, -0.2) is 20.7 Å². The molecule has 0 aliphatic carbocycles. The highest BCUT2D eigenvalue weighted by molar-refractivity contribution is 5.86. The summed E-state index contributed by atoms with van der Waals surface area (Å²) in [5, 5.41) is 1.18. The Bertz CT molecular complexity index is 711. The molecule has 2 heterocycles. The molecule has 2 aromatic heterocycles. The number of aromatic nitrogens is 3. The van der Waals surface area contributed by atoms with Crippen LogP contribution in [0.4, 0.5) is 0 Å². The van der Waals surface area contributed by atoms with E-state index < -0.39 is 0 Å². The lowest BCUT2D eigenvalue weighted by atomic mass is 10.2. The standard InChI is InChI=1S/C16H19N3O/c1-3-20-15-6-4-5-14-13(15)7-10-19(14)11-8-16-17-9-12-18(16)2/h4-7,9-10,12H,3,8,11H2,1-2H3. The largest absolute Gasteiger partial charge is 0.493 e. The average molecular weight is 269 g/mol. The molecule has 0 unspecified atom stereocenters. The maximum absolute atomic E-state index is 5.67. The molecule has 0 N–H and O–H groups in total. The van der Waals surface area contributed by atoms with E-state index in [0.717, 1.165) is 24.5 Å². The van der Waals surface area contributed by atoms with Crippen LogP contribution in [0.5, 0.6) is 5.75 Å². The molecule has 0 radical (unpaired) electrons. The van der Waals surface area contributed by atoms with Gasteiger partial charge < -0.3 is 13.9 Å². The Balaban J connectivity index is 1.85. The lowest BCUT2D eigenvalue weighted by Gasteiger charge is -2.08. The molecular weight excluding hydrogens is 250 g/mol. The van der Waals surface area contributed by atoms with Gasteiger partial charge in [-0.25, -0.2) is 4.98 Å². The molecule has 20 heavy (non-hydrogen) atoms. The van der Waals surface area contributed by atoms with Crippen LogP contribution in [-0.2, 0) is 20.0 Å². The summed E-state index contributed by atoms with van der Waals surface area (Å²) >= 11 is 0. The second kappa shape index (κ2) is 5.41. The highest BCUT2D eigenvalue weighted by atomic mass is 16.5. The molecule has 4 heteroatoms. The molecule has 3 rings (SSSR count). The van der Waals surface area contributed by atoms with E-state index in [4.69, 9.17) is 4.74 Å². The highest BCUT2D eigenvalue weighted by Crippen LogP contribution is 2.26. The Morgan fingerprint density at radius 3 is 2.85 bits per heavy atom. The van der Waals surface area contributed by atoms with Crippen molar-refractivity contribution in [2.24, 2.45) is 7.05 Å². The molecule has 0 amide bonds. The third kappa shape index (κ3) is 2.29. The number of hydrogen-bond donors (Lipinski definition) is 0. The molecule has 1 aromatic carbocycles. The first kappa shape index (κ1) is 12.8. The number of ether oxygens (including phenoxy) is 1. The van der Waals surface area contributed by atoms with E-state index in [-0.39, 0.29) is 0 Å². The lowest BCUT2D eigenvalue weighted by molar-refractivity contribution is 0.344. The quantitative estimate of drug-likeness (QED) is 0.713. The van der Waals surface area contributed by atoms with Crippen molar-refractivity contribution in [3.05, 3.63) is 48.7 Å². The second-order valence-electron chi connectivity index (χ2n) is 4.84. The molecule has 0 aliphatic rings. The fourth-order valence-electron chi connectivity index (χ4n) is 2.53. The maximum Gasteiger partial charge on any atom is 0.128 e. The zero-order valence-corrected chi connectivity index (χ0v) is 11.9. The molecule has 104 valence electrons. The van der Waals surface area contributed by atoms with Crippen molar-refractivity contribution in [2.45, 2.75) is 19.9 Å². The fraction of sp³-hybridized carbons (Fsp3) is 0.312. The third-order valence-corrected chi connectivity index (χ3v) is 3.57. The Hall–Kier alpha value is -2.23. The van der Waals surface area contributed by atoms with Crippen LogP contribution >= 0.6 is 0 Å². The molecule has 4 nitrogen and oxygen atoms in total. The minimum absolute atomic E-state index is 0.692. The number of imidazole rings is 1. The summed E-state index contributed by atoms with van der Waals surface area (Å²) in [6.45, 7) is 3.62. The monoisotopic (exact) mass is 269 g/mol. The van der Waals surface area contributed by atoms with Crippen LogP contribution in [0.15, 0.2) is 42.9 Å². The average Bonchev–Trinajstić information content (AvgIpc) is 3.04. The van der Waals surface area contributed by atoms with Crippen LogP contribution in [0.25, 0.3) is 10.9 Å². The molecular formula is C16H19N3O. The van der Waals surface area contributed by atoms with E-state index >= 15 is 0 Å². The van der Waals surface area contributed by atoms with Crippen molar-refractivity contribution >= 4 is 10.9 Å². The van der Waals surface area contributed by atoms with Gasteiger partial charge in [0.1, 0.15) is 11.6 Å². The summed E-state index contributed by atoms with van der Waals surface area (Å²) in [6, 6.07) is 8.33. The summed E-state index contributed by atoms with van der Waals surface area (Å²) in [4.78, 5) is 4.37. The van der Waals surface area contributed by atoms with E-state index in [0.29, 0.717) is 6.61 Å². The summed E-state index contributed by atoms with van der Waals surface area (Å²) in [7, 11) is 2.03. The molecule has 0 bridgehead atoms. The Kier molecular flexibility index (Phi) is 3.46. The second-order valence-corrected chi connectivity index (χ2v) is 4.84. The van der Waals surface area contributed by atoms with E-state index in [1.165, 1.54) is 10.9 Å². The minimum Gasteiger partial charge on any atom is -0.493 e. The smallest absolute Gasteiger partial charge is 0.128 e. The molecule has 0 atom stereocenters. The van der Waals surface area contributed by atoms with Gasteiger partial charge in [-0.2, -0.15) is 0 Å². The molecule has 0 aliphatic heterocycles. The van der Waals surface area contributed by atoms with Gasteiger partial charge in [0.05, 0.1) is 12.1 Å². The van der Waals surface area contributed by atoms with Gasteiger partial charge in [0.2, 0.25) is 0 Å². The third-order valence-electron chi connectivity index (χ3n) is 3.57.